The lowest BCUT2D eigenvalue weighted by atomic mass is 9.76. The third-order valence-corrected chi connectivity index (χ3v) is 4.06. The first-order valence-corrected chi connectivity index (χ1v) is 6.55. The van der Waals surface area contributed by atoms with Crippen LogP contribution in [0.15, 0.2) is 0 Å². The molecule has 0 aromatic carbocycles. The lowest BCUT2D eigenvalue weighted by Crippen LogP contribution is -2.34. The van der Waals surface area contributed by atoms with Crippen LogP contribution in [0.5, 0.6) is 0 Å². The van der Waals surface area contributed by atoms with Gasteiger partial charge in [0.2, 0.25) is 0 Å². The van der Waals surface area contributed by atoms with E-state index < -0.39 is 0 Å². The Kier molecular flexibility index (Phi) is 3.86. The molecular formula is C13H25N. The van der Waals surface area contributed by atoms with Gasteiger partial charge in [-0.15, -0.1) is 0 Å². The zero-order chi connectivity index (χ0) is 9.80. The minimum Gasteiger partial charge on any atom is -0.316 e. The molecule has 1 heteroatoms. The fourth-order valence-electron chi connectivity index (χ4n) is 3.12. The van der Waals surface area contributed by atoms with Gasteiger partial charge in [-0.05, 0) is 56.5 Å². The third kappa shape index (κ3) is 2.98. The van der Waals surface area contributed by atoms with Crippen LogP contribution in [0.4, 0.5) is 0 Å². The quantitative estimate of drug-likeness (QED) is 0.726. The van der Waals surface area contributed by atoms with Crippen LogP contribution in [0.25, 0.3) is 0 Å². The van der Waals surface area contributed by atoms with Crippen molar-refractivity contribution in [2.45, 2.75) is 51.9 Å². The minimum atomic E-state index is 1.00. The van der Waals surface area contributed by atoms with E-state index in [0.29, 0.717) is 0 Å². The molecule has 14 heavy (non-hydrogen) atoms. The van der Waals surface area contributed by atoms with Gasteiger partial charge in [0, 0.05) is 0 Å². The average Bonchev–Trinajstić information content (AvgIpc) is 2.17. The molecule has 2 saturated carbocycles. The van der Waals surface area contributed by atoms with Crippen LogP contribution >= 0.6 is 0 Å². The molecule has 0 aromatic heterocycles. The van der Waals surface area contributed by atoms with Gasteiger partial charge in [0.1, 0.15) is 0 Å². The number of nitrogens with one attached hydrogen (secondary N) is 1. The van der Waals surface area contributed by atoms with Crippen molar-refractivity contribution in [1.82, 2.24) is 5.32 Å². The standard InChI is InChI=1S/C13H25N/c1-11-7-13(8-11)10-14-9-12-5-3-2-4-6-12/h11-14H,2-10H2,1H3. The molecule has 0 heterocycles. The lowest BCUT2D eigenvalue weighted by Gasteiger charge is -2.33. The summed E-state index contributed by atoms with van der Waals surface area (Å²) in [7, 11) is 0. The smallest absolute Gasteiger partial charge is 0.00202 e. The topological polar surface area (TPSA) is 12.0 Å². The van der Waals surface area contributed by atoms with Gasteiger partial charge in [0.05, 0.1) is 0 Å². The minimum absolute atomic E-state index is 1.00. The third-order valence-electron chi connectivity index (χ3n) is 4.06. The van der Waals surface area contributed by atoms with Gasteiger partial charge < -0.3 is 5.32 Å². The normalized spacial score (nSPS) is 34.1. The second-order valence-electron chi connectivity index (χ2n) is 5.60. The maximum atomic E-state index is 3.68. The molecule has 1 N–H and O–H groups in total. The number of hydrogen-bond donors (Lipinski definition) is 1. The Hall–Kier alpha value is -0.0400. The molecule has 0 radical (unpaired) electrons. The van der Waals surface area contributed by atoms with Crippen molar-refractivity contribution >= 4 is 0 Å². The lowest BCUT2D eigenvalue weighted by molar-refractivity contribution is 0.201. The molecule has 2 rings (SSSR count). The summed E-state index contributed by atoms with van der Waals surface area (Å²) in [6, 6.07) is 0. The molecule has 0 bridgehead atoms. The van der Waals surface area contributed by atoms with Crippen molar-refractivity contribution in [2.75, 3.05) is 13.1 Å². The van der Waals surface area contributed by atoms with Crippen LogP contribution in [0.3, 0.4) is 0 Å². The second-order valence-corrected chi connectivity index (χ2v) is 5.60. The zero-order valence-corrected chi connectivity index (χ0v) is 9.60. The molecule has 0 unspecified atom stereocenters. The van der Waals surface area contributed by atoms with Gasteiger partial charge in [0.25, 0.3) is 0 Å². The summed E-state index contributed by atoms with van der Waals surface area (Å²) in [5, 5.41) is 3.68. The van der Waals surface area contributed by atoms with Crippen molar-refractivity contribution in [3.63, 3.8) is 0 Å². The van der Waals surface area contributed by atoms with E-state index in [4.69, 9.17) is 0 Å². The highest BCUT2D eigenvalue weighted by atomic mass is 14.9. The van der Waals surface area contributed by atoms with Crippen LogP contribution in [-0.4, -0.2) is 13.1 Å². The summed E-state index contributed by atoms with van der Waals surface area (Å²) in [4.78, 5) is 0. The Morgan fingerprint density at radius 1 is 0.929 bits per heavy atom. The Labute approximate surface area is 88.7 Å². The summed E-state index contributed by atoms with van der Waals surface area (Å²) in [5.41, 5.74) is 0. The Balaban J connectivity index is 1.50. The van der Waals surface area contributed by atoms with E-state index >= 15 is 0 Å². The highest BCUT2D eigenvalue weighted by molar-refractivity contribution is 4.78. The predicted octanol–water partition coefficient (Wildman–Crippen LogP) is 3.20. The first-order valence-electron chi connectivity index (χ1n) is 6.55. The molecule has 0 saturated heterocycles. The van der Waals surface area contributed by atoms with Gasteiger partial charge in [-0.3, -0.25) is 0 Å². The summed E-state index contributed by atoms with van der Waals surface area (Å²) < 4.78 is 0. The van der Waals surface area contributed by atoms with E-state index in [0.717, 1.165) is 17.8 Å². The molecule has 82 valence electrons. The van der Waals surface area contributed by atoms with Gasteiger partial charge >= 0.3 is 0 Å². The first-order chi connectivity index (χ1) is 6.84. The van der Waals surface area contributed by atoms with E-state index in [1.807, 2.05) is 0 Å². The van der Waals surface area contributed by atoms with Gasteiger partial charge in [-0.1, -0.05) is 26.2 Å². The number of rotatable bonds is 4. The average molecular weight is 195 g/mol. The fraction of sp³-hybridized carbons (Fsp3) is 1.00. The maximum Gasteiger partial charge on any atom is -0.00202 e. The first kappa shape index (κ1) is 10.5. The van der Waals surface area contributed by atoms with Crippen molar-refractivity contribution < 1.29 is 0 Å². The van der Waals surface area contributed by atoms with Gasteiger partial charge in [-0.2, -0.15) is 0 Å². The zero-order valence-electron chi connectivity index (χ0n) is 9.60. The summed E-state index contributed by atoms with van der Waals surface area (Å²) in [6.45, 7) is 4.96. The SMILES string of the molecule is CC1CC(CNCC2CCCCC2)C1. The van der Waals surface area contributed by atoms with Crippen LogP contribution in [0, 0.1) is 17.8 Å². The highest BCUT2D eigenvalue weighted by Gasteiger charge is 2.24. The van der Waals surface area contributed by atoms with E-state index in [1.54, 1.807) is 0 Å². The maximum absolute atomic E-state index is 3.68. The molecule has 2 aliphatic carbocycles. The van der Waals surface area contributed by atoms with Gasteiger partial charge in [0.15, 0.2) is 0 Å². The van der Waals surface area contributed by atoms with Crippen LogP contribution in [-0.2, 0) is 0 Å². The van der Waals surface area contributed by atoms with Crippen LogP contribution < -0.4 is 5.32 Å². The van der Waals surface area contributed by atoms with E-state index in [1.165, 1.54) is 58.0 Å². The fourth-order valence-corrected chi connectivity index (χ4v) is 3.12. The number of hydrogen-bond acceptors (Lipinski definition) is 1. The molecule has 0 aliphatic heterocycles. The Morgan fingerprint density at radius 2 is 1.57 bits per heavy atom. The molecule has 2 aliphatic rings. The molecule has 1 nitrogen and oxygen atoms in total. The van der Waals surface area contributed by atoms with Crippen LogP contribution in [0.2, 0.25) is 0 Å². The van der Waals surface area contributed by atoms with E-state index in [2.05, 4.69) is 12.2 Å². The highest BCUT2D eigenvalue weighted by Crippen LogP contribution is 2.32. The molecule has 0 amide bonds. The molecular weight excluding hydrogens is 170 g/mol. The van der Waals surface area contributed by atoms with Crippen molar-refractivity contribution in [3.05, 3.63) is 0 Å². The molecule has 0 aromatic rings. The molecule has 2 fully saturated rings. The predicted molar refractivity (Wildman–Crippen MR) is 61.3 cm³/mol. The van der Waals surface area contributed by atoms with Gasteiger partial charge in [-0.25, -0.2) is 0 Å². The van der Waals surface area contributed by atoms with Crippen LogP contribution in [0.1, 0.15) is 51.9 Å². The Bertz CT molecular complexity index is 155. The summed E-state index contributed by atoms with van der Waals surface area (Å²) in [5.74, 6) is 3.02. The monoisotopic (exact) mass is 195 g/mol. The van der Waals surface area contributed by atoms with Crippen molar-refractivity contribution in [3.8, 4) is 0 Å². The summed E-state index contributed by atoms with van der Waals surface area (Å²) in [6.07, 6.45) is 10.3. The van der Waals surface area contributed by atoms with Crippen molar-refractivity contribution in [2.24, 2.45) is 17.8 Å². The van der Waals surface area contributed by atoms with E-state index in [-0.39, 0.29) is 0 Å². The van der Waals surface area contributed by atoms with E-state index in [9.17, 15) is 0 Å². The largest absolute Gasteiger partial charge is 0.316 e. The van der Waals surface area contributed by atoms with Crippen molar-refractivity contribution in [1.29, 1.82) is 0 Å². The molecule has 0 atom stereocenters. The second kappa shape index (κ2) is 5.16. The molecule has 0 spiro atoms. The summed E-state index contributed by atoms with van der Waals surface area (Å²) >= 11 is 0. The Morgan fingerprint density at radius 3 is 2.21 bits per heavy atom.